The molecule has 0 aromatic rings. The SMILES string of the molecule is C[Si](C)(O[Si](C)(C)O[Si](C)(C)C1CC2C=CC1C2)O[Si](C)(C)O[Si](C)(C)C1CC2C=CC1C2. The van der Waals surface area contributed by atoms with Crippen molar-refractivity contribution in [3.8, 4) is 0 Å². The van der Waals surface area contributed by atoms with Crippen LogP contribution in [0.2, 0.25) is 76.6 Å². The highest BCUT2D eigenvalue weighted by atomic mass is 28.5. The first-order chi connectivity index (χ1) is 15.0. The first-order valence-corrected chi connectivity index (χ1v) is 27.6. The summed E-state index contributed by atoms with van der Waals surface area (Å²) in [6.45, 7) is 23.0. The summed E-state index contributed by atoms with van der Waals surface area (Å²) in [5.41, 5.74) is 1.45. The summed E-state index contributed by atoms with van der Waals surface area (Å²) in [6, 6.07) is 0. The largest absolute Gasteiger partial charge is 0.436 e. The molecule has 0 N–H and O–H groups in total. The monoisotopic (exact) mass is 540 g/mol. The van der Waals surface area contributed by atoms with Crippen molar-refractivity contribution in [1.29, 1.82) is 0 Å². The van der Waals surface area contributed by atoms with Crippen LogP contribution in [0.15, 0.2) is 24.3 Å². The van der Waals surface area contributed by atoms with E-state index in [9.17, 15) is 0 Å². The molecule has 33 heavy (non-hydrogen) atoms. The highest BCUT2D eigenvalue weighted by Gasteiger charge is 2.52. The molecule has 0 heterocycles. The Balaban J connectivity index is 1.35. The van der Waals surface area contributed by atoms with E-state index >= 15 is 0 Å². The minimum atomic E-state index is -2.40. The predicted molar refractivity (Wildman–Crippen MR) is 150 cm³/mol. The number of hydrogen-bond acceptors (Lipinski definition) is 4. The van der Waals surface area contributed by atoms with Gasteiger partial charge in [0, 0.05) is 0 Å². The van der Waals surface area contributed by atoms with Gasteiger partial charge in [-0.3, -0.25) is 0 Å². The van der Waals surface area contributed by atoms with Crippen LogP contribution in [0.1, 0.15) is 25.7 Å². The molecule has 0 radical (unpaired) electrons. The highest BCUT2D eigenvalue weighted by Crippen LogP contribution is 2.53. The Morgan fingerprint density at radius 3 is 1.06 bits per heavy atom. The van der Waals surface area contributed by atoms with Crippen LogP contribution < -0.4 is 0 Å². The van der Waals surface area contributed by atoms with Crippen molar-refractivity contribution >= 4 is 42.3 Å². The Morgan fingerprint density at radius 1 is 0.455 bits per heavy atom. The van der Waals surface area contributed by atoms with Crippen molar-refractivity contribution in [1.82, 2.24) is 0 Å². The molecule has 2 fully saturated rings. The zero-order valence-electron chi connectivity index (χ0n) is 22.7. The Hall–Kier alpha value is 0.404. The van der Waals surface area contributed by atoms with Gasteiger partial charge >= 0.3 is 25.7 Å². The van der Waals surface area contributed by atoms with Crippen LogP contribution in [0.25, 0.3) is 0 Å². The topological polar surface area (TPSA) is 36.9 Å². The second kappa shape index (κ2) is 8.76. The van der Waals surface area contributed by atoms with Crippen LogP contribution in [0.4, 0.5) is 0 Å². The molecule has 6 unspecified atom stereocenters. The molecule has 0 spiro atoms. The summed E-state index contributed by atoms with van der Waals surface area (Å²) in [5, 5.41) is 0. The van der Waals surface area contributed by atoms with Gasteiger partial charge in [-0.25, -0.2) is 0 Å². The molecule has 0 aromatic heterocycles. The lowest BCUT2D eigenvalue weighted by Crippen LogP contribution is -2.59. The first-order valence-electron chi connectivity index (χ1n) is 13.1. The molecule has 4 aliphatic carbocycles. The van der Waals surface area contributed by atoms with Gasteiger partial charge in [-0.2, -0.15) is 0 Å². The average Bonchev–Trinajstić information content (AvgIpc) is 3.38. The van der Waals surface area contributed by atoms with Crippen LogP contribution in [0.3, 0.4) is 0 Å². The molecule has 2 saturated carbocycles. The molecule has 6 atom stereocenters. The average molecular weight is 541 g/mol. The van der Waals surface area contributed by atoms with E-state index in [1.165, 1.54) is 25.7 Å². The molecule has 4 nitrogen and oxygen atoms in total. The summed E-state index contributed by atoms with van der Waals surface area (Å²) >= 11 is 0. The zero-order valence-corrected chi connectivity index (χ0v) is 27.7. The lowest BCUT2D eigenvalue weighted by Gasteiger charge is -2.45. The number of fused-ring (bicyclic) bond motifs is 4. The molecule has 4 bridgehead atoms. The van der Waals surface area contributed by atoms with Crippen molar-refractivity contribution < 1.29 is 16.5 Å². The summed E-state index contributed by atoms with van der Waals surface area (Å²) in [4.78, 5) is 0. The van der Waals surface area contributed by atoms with Crippen molar-refractivity contribution in [2.75, 3.05) is 0 Å². The molecule has 4 rings (SSSR count). The van der Waals surface area contributed by atoms with Gasteiger partial charge in [-0.15, -0.1) is 0 Å². The normalized spacial score (nSPS) is 34.1. The van der Waals surface area contributed by atoms with E-state index in [1.54, 1.807) is 0 Å². The second-order valence-corrected chi connectivity index (χ2v) is 33.2. The second-order valence-electron chi connectivity index (χ2n) is 13.6. The van der Waals surface area contributed by atoms with Crippen LogP contribution in [-0.4, -0.2) is 42.3 Å². The minimum Gasteiger partial charge on any atom is -0.436 e. The molecule has 188 valence electrons. The fourth-order valence-corrected chi connectivity index (χ4v) is 34.6. The van der Waals surface area contributed by atoms with E-state index in [4.69, 9.17) is 16.5 Å². The van der Waals surface area contributed by atoms with E-state index in [0.29, 0.717) is 0 Å². The molecular formula is C24H48O4Si5. The van der Waals surface area contributed by atoms with Gasteiger partial charge in [0.1, 0.15) is 0 Å². The summed E-state index contributed by atoms with van der Waals surface area (Å²) in [7, 11) is -10.7. The van der Waals surface area contributed by atoms with Crippen LogP contribution in [-0.2, 0) is 16.5 Å². The Labute approximate surface area is 208 Å². The third kappa shape index (κ3) is 6.04. The Bertz CT molecular complexity index is 743. The maximum atomic E-state index is 6.98. The quantitative estimate of drug-likeness (QED) is 0.212. The number of allylic oxidation sites excluding steroid dienone is 4. The van der Waals surface area contributed by atoms with Gasteiger partial charge in [0.05, 0.1) is 0 Å². The summed E-state index contributed by atoms with van der Waals surface area (Å²) in [5.74, 6) is 3.04. The van der Waals surface area contributed by atoms with Crippen molar-refractivity contribution in [3.05, 3.63) is 24.3 Å². The Morgan fingerprint density at radius 2 is 0.788 bits per heavy atom. The fraction of sp³-hybridized carbons (Fsp3) is 0.833. The van der Waals surface area contributed by atoms with Crippen LogP contribution in [0, 0.1) is 23.7 Å². The summed E-state index contributed by atoms with van der Waals surface area (Å²) < 4.78 is 27.6. The van der Waals surface area contributed by atoms with E-state index in [2.05, 4.69) is 89.8 Å². The first kappa shape index (κ1) is 26.5. The standard InChI is InChI=1S/C24H48O4Si5/c1-29(2,23-17-19-11-13-21(23)15-19)25-31(5,6)27-33(9,10)28-32(7,8)26-30(3,4)24-18-20-12-14-22(24)16-20/h11-14,19-24H,15-18H2,1-10H3. The van der Waals surface area contributed by atoms with Crippen molar-refractivity contribution in [2.24, 2.45) is 23.7 Å². The number of hydrogen-bond donors (Lipinski definition) is 0. The predicted octanol–water partition coefficient (Wildman–Crippen LogP) is 7.50. The molecule has 0 amide bonds. The summed E-state index contributed by atoms with van der Waals surface area (Å²) in [6.07, 6.45) is 15.1. The lowest BCUT2D eigenvalue weighted by atomic mass is 10.1. The third-order valence-electron chi connectivity index (χ3n) is 8.34. The lowest BCUT2D eigenvalue weighted by molar-refractivity contribution is 0.293. The molecule has 9 heteroatoms. The zero-order chi connectivity index (χ0) is 24.4. The van der Waals surface area contributed by atoms with Gasteiger partial charge in [0.2, 0.25) is 0 Å². The highest BCUT2D eigenvalue weighted by molar-refractivity contribution is 6.91. The third-order valence-corrected chi connectivity index (χ3v) is 29.3. The molecule has 0 saturated heterocycles. The smallest absolute Gasteiger partial charge is 0.314 e. The molecule has 4 aliphatic rings. The molecule has 0 aliphatic heterocycles. The molecular weight excluding hydrogens is 493 g/mol. The van der Waals surface area contributed by atoms with E-state index in [0.717, 1.165) is 34.8 Å². The van der Waals surface area contributed by atoms with Crippen molar-refractivity contribution in [2.45, 2.75) is 102 Å². The van der Waals surface area contributed by atoms with Gasteiger partial charge in [-0.05, 0) is 126 Å². The van der Waals surface area contributed by atoms with Gasteiger partial charge < -0.3 is 16.5 Å². The van der Waals surface area contributed by atoms with Gasteiger partial charge in [0.25, 0.3) is 0 Å². The fourth-order valence-electron chi connectivity index (χ4n) is 7.82. The van der Waals surface area contributed by atoms with Crippen molar-refractivity contribution in [3.63, 3.8) is 0 Å². The molecule has 0 aromatic carbocycles. The maximum absolute atomic E-state index is 6.98. The van der Waals surface area contributed by atoms with E-state index in [1.807, 2.05) is 0 Å². The Kier molecular flexibility index (Phi) is 7.02. The van der Waals surface area contributed by atoms with Gasteiger partial charge in [0.15, 0.2) is 16.6 Å². The van der Waals surface area contributed by atoms with E-state index in [-0.39, 0.29) is 0 Å². The minimum absolute atomic E-state index is 0.727. The van der Waals surface area contributed by atoms with Crippen LogP contribution in [0.5, 0.6) is 0 Å². The number of rotatable bonds is 10. The van der Waals surface area contributed by atoms with Crippen LogP contribution >= 0.6 is 0 Å². The van der Waals surface area contributed by atoms with Gasteiger partial charge in [-0.1, -0.05) is 24.3 Å². The maximum Gasteiger partial charge on any atom is 0.314 e. The van der Waals surface area contributed by atoms with E-state index < -0.39 is 42.3 Å².